The van der Waals surface area contributed by atoms with E-state index in [2.05, 4.69) is 4.90 Å². The number of aldehydes is 1. The van der Waals surface area contributed by atoms with Crippen LogP contribution < -0.4 is 0 Å². The van der Waals surface area contributed by atoms with Gasteiger partial charge in [0.05, 0.1) is 0 Å². The lowest BCUT2D eigenvalue weighted by Crippen LogP contribution is -2.39. The van der Waals surface area contributed by atoms with Gasteiger partial charge < -0.3 is 14.6 Å². The van der Waals surface area contributed by atoms with Crippen molar-refractivity contribution in [2.75, 3.05) is 26.7 Å². The summed E-state index contributed by atoms with van der Waals surface area (Å²) < 4.78 is 0. The molecule has 0 radical (unpaired) electrons. The lowest BCUT2D eigenvalue weighted by Gasteiger charge is -2.26. The van der Waals surface area contributed by atoms with Gasteiger partial charge in [-0.15, -0.1) is 0 Å². The molecule has 0 saturated carbocycles. The summed E-state index contributed by atoms with van der Waals surface area (Å²) in [6, 6.07) is 0.235. The maximum absolute atomic E-state index is 11.6. The number of hydrogen-bond donors (Lipinski definition) is 0. The van der Waals surface area contributed by atoms with Gasteiger partial charge >= 0.3 is 0 Å². The van der Waals surface area contributed by atoms with Gasteiger partial charge in [-0.3, -0.25) is 4.79 Å². The van der Waals surface area contributed by atoms with Crippen LogP contribution in [-0.2, 0) is 9.59 Å². The number of carbonyl (C=O) groups is 2. The Hall–Kier alpha value is -0.900. The van der Waals surface area contributed by atoms with Crippen molar-refractivity contribution in [2.45, 2.75) is 26.3 Å². The summed E-state index contributed by atoms with van der Waals surface area (Å²) in [7, 11) is 1.85. The van der Waals surface area contributed by atoms with Crippen LogP contribution in [0.2, 0.25) is 0 Å². The third kappa shape index (κ3) is 3.30. The first kappa shape index (κ1) is 12.2. The third-order valence-electron chi connectivity index (χ3n) is 3.00. The Morgan fingerprint density at radius 1 is 1.60 bits per heavy atom. The van der Waals surface area contributed by atoms with Gasteiger partial charge in [0, 0.05) is 45.1 Å². The van der Waals surface area contributed by atoms with Crippen molar-refractivity contribution >= 4 is 12.2 Å². The molecule has 15 heavy (non-hydrogen) atoms. The normalized spacial score (nSPS) is 26.2. The summed E-state index contributed by atoms with van der Waals surface area (Å²) in [4.78, 5) is 26.1. The largest absolute Gasteiger partial charge is 0.342 e. The van der Waals surface area contributed by atoms with E-state index in [0.29, 0.717) is 6.42 Å². The number of rotatable bonds is 3. The van der Waals surface area contributed by atoms with Crippen LogP contribution in [0.1, 0.15) is 20.3 Å². The molecular weight excluding hydrogens is 192 g/mol. The summed E-state index contributed by atoms with van der Waals surface area (Å²) in [5, 5.41) is 0. The summed E-state index contributed by atoms with van der Waals surface area (Å²) in [6.07, 6.45) is 1.54. The summed E-state index contributed by atoms with van der Waals surface area (Å²) in [5.41, 5.74) is 0. The Morgan fingerprint density at radius 2 is 2.27 bits per heavy atom. The number of carbonyl (C=O) groups excluding carboxylic acids is 2. The Bertz CT molecular complexity index is 243. The highest BCUT2D eigenvalue weighted by Gasteiger charge is 2.24. The summed E-state index contributed by atoms with van der Waals surface area (Å²) in [6.45, 7) is 6.34. The quantitative estimate of drug-likeness (QED) is 0.635. The van der Waals surface area contributed by atoms with Crippen molar-refractivity contribution in [3.05, 3.63) is 0 Å². The first-order valence-corrected chi connectivity index (χ1v) is 5.48. The molecule has 0 bridgehead atoms. The maximum atomic E-state index is 11.6. The van der Waals surface area contributed by atoms with Gasteiger partial charge in [0.15, 0.2) is 0 Å². The Kier molecular flexibility index (Phi) is 4.27. The maximum Gasteiger partial charge on any atom is 0.223 e. The molecular formula is C11H20N2O2. The predicted molar refractivity (Wildman–Crippen MR) is 58.5 cm³/mol. The van der Waals surface area contributed by atoms with Crippen LogP contribution in [0.3, 0.4) is 0 Å². The van der Waals surface area contributed by atoms with Crippen LogP contribution in [0.15, 0.2) is 0 Å². The molecule has 86 valence electrons. The SMILES string of the molecule is CC(C=O)CN1CCC(=O)N(C)C(C)C1. The molecule has 0 aromatic heterocycles. The van der Waals surface area contributed by atoms with Crippen LogP contribution >= 0.6 is 0 Å². The van der Waals surface area contributed by atoms with Crippen molar-refractivity contribution in [1.29, 1.82) is 0 Å². The van der Waals surface area contributed by atoms with Gasteiger partial charge in [0.1, 0.15) is 6.29 Å². The zero-order chi connectivity index (χ0) is 11.4. The van der Waals surface area contributed by atoms with Crippen LogP contribution in [0, 0.1) is 5.92 Å². The zero-order valence-corrected chi connectivity index (χ0v) is 9.77. The molecule has 4 heteroatoms. The molecule has 1 heterocycles. The van der Waals surface area contributed by atoms with Gasteiger partial charge in [-0.2, -0.15) is 0 Å². The third-order valence-corrected chi connectivity index (χ3v) is 3.00. The monoisotopic (exact) mass is 212 g/mol. The second kappa shape index (κ2) is 5.26. The van der Waals surface area contributed by atoms with Crippen LogP contribution in [0.5, 0.6) is 0 Å². The van der Waals surface area contributed by atoms with Crippen molar-refractivity contribution < 1.29 is 9.59 Å². The summed E-state index contributed by atoms with van der Waals surface area (Å²) >= 11 is 0. The Labute approximate surface area is 91.2 Å². The van der Waals surface area contributed by atoms with Gasteiger partial charge in [-0.1, -0.05) is 6.92 Å². The fourth-order valence-corrected chi connectivity index (χ4v) is 1.88. The molecule has 2 atom stereocenters. The van der Waals surface area contributed by atoms with Crippen LogP contribution in [0.25, 0.3) is 0 Å². The lowest BCUT2D eigenvalue weighted by atomic mass is 10.2. The van der Waals surface area contributed by atoms with Gasteiger partial charge in [-0.05, 0) is 6.92 Å². The van der Waals surface area contributed by atoms with Gasteiger partial charge in [-0.25, -0.2) is 0 Å². The fourth-order valence-electron chi connectivity index (χ4n) is 1.88. The molecule has 4 nitrogen and oxygen atoms in total. The molecule has 1 amide bonds. The Morgan fingerprint density at radius 3 is 2.87 bits per heavy atom. The highest BCUT2D eigenvalue weighted by molar-refractivity contribution is 5.76. The standard InChI is InChI=1S/C11H20N2O2/c1-9(8-14)6-13-5-4-11(15)12(3)10(2)7-13/h8-10H,4-7H2,1-3H3. The minimum atomic E-state index is 0.0516. The van der Waals surface area contributed by atoms with Gasteiger partial charge in [0.25, 0.3) is 0 Å². The molecule has 1 saturated heterocycles. The van der Waals surface area contributed by atoms with Gasteiger partial charge in [0.2, 0.25) is 5.91 Å². The number of hydrogen-bond acceptors (Lipinski definition) is 3. The lowest BCUT2D eigenvalue weighted by molar-refractivity contribution is -0.130. The Balaban J connectivity index is 2.55. The fraction of sp³-hybridized carbons (Fsp3) is 0.818. The minimum Gasteiger partial charge on any atom is -0.342 e. The van der Waals surface area contributed by atoms with E-state index < -0.39 is 0 Å². The van der Waals surface area contributed by atoms with E-state index in [4.69, 9.17) is 0 Å². The molecule has 2 unspecified atom stereocenters. The van der Waals surface area contributed by atoms with E-state index in [0.717, 1.165) is 25.9 Å². The second-order valence-corrected chi connectivity index (χ2v) is 4.48. The molecule has 1 rings (SSSR count). The highest BCUT2D eigenvalue weighted by Crippen LogP contribution is 2.10. The topological polar surface area (TPSA) is 40.6 Å². The van der Waals surface area contributed by atoms with E-state index in [9.17, 15) is 9.59 Å². The number of amides is 1. The highest BCUT2D eigenvalue weighted by atomic mass is 16.2. The second-order valence-electron chi connectivity index (χ2n) is 4.48. The van der Waals surface area contributed by atoms with Crippen LogP contribution in [0.4, 0.5) is 0 Å². The average Bonchev–Trinajstić information content (AvgIpc) is 2.33. The van der Waals surface area contributed by atoms with Crippen molar-refractivity contribution in [1.82, 2.24) is 9.80 Å². The molecule has 0 aliphatic carbocycles. The van der Waals surface area contributed by atoms with Crippen molar-refractivity contribution in [3.63, 3.8) is 0 Å². The predicted octanol–water partition coefficient (Wildman–Crippen LogP) is 0.374. The first-order valence-electron chi connectivity index (χ1n) is 5.48. The molecule has 0 N–H and O–H groups in total. The van der Waals surface area contributed by atoms with E-state index in [-0.39, 0.29) is 17.9 Å². The molecule has 1 aliphatic rings. The van der Waals surface area contributed by atoms with E-state index in [1.807, 2.05) is 20.9 Å². The van der Waals surface area contributed by atoms with Crippen molar-refractivity contribution in [3.8, 4) is 0 Å². The number of nitrogens with zero attached hydrogens (tertiary/aromatic N) is 2. The number of likely N-dealkylation sites (N-methyl/N-ethyl adjacent to an activating group) is 1. The molecule has 0 aromatic carbocycles. The average molecular weight is 212 g/mol. The van der Waals surface area contributed by atoms with Crippen LogP contribution in [-0.4, -0.2) is 54.7 Å². The smallest absolute Gasteiger partial charge is 0.223 e. The van der Waals surface area contributed by atoms with E-state index in [1.54, 1.807) is 4.90 Å². The molecule has 1 aliphatic heterocycles. The molecule has 1 fully saturated rings. The molecule has 0 spiro atoms. The minimum absolute atomic E-state index is 0.0516. The zero-order valence-electron chi connectivity index (χ0n) is 9.77. The van der Waals surface area contributed by atoms with E-state index >= 15 is 0 Å². The summed E-state index contributed by atoms with van der Waals surface area (Å²) in [5.74, 6) is 0.250. The molecule has 0 aromatic rings. The van der Waals surface area contributed by atoms with Crippen molar-refractivity contribution in [2.24, 2.45) is 5.92 Å². The van der Waals surface area contributed by atoms with E-state index in [1.165, 1.54) is 0 Å². The first-order chi connectivity index (χ1) is 7.04.